The van der Waals surface area contributed by atoms with E-state index in [0.717, 1.165) is 50.4 Å². The standard InChI is InChI=1S/C28H29N3O2.CH2O2/c32-25-11-9-20(10-12-25)21-5-4-6-22(15-21)27(33)29-26-23-16-30-13-14-31(17-23)19-28(26,18-30)24-7-2-1-3-8-24;2-1-3/h1-12,15,23,26,32H,13-14,16-19H2,(H,29,33);1H,(H,2,3). The fourth-order valence-electron chi connectivity index (χ4n) is 6.29. The number of nitrogens with one attached hydrogen (secondary N) is 1. The lowest BCUT2D eigenvalue weighted by molar-refractivity contribution is -0.122. The third-order valence-electron chi connectivity index (χ3n) is 7.76. The SMILES string of the molecule is O=C(NC1C2CN3CCN(C2)CC1(c1ccccc1)C3)c1cccc(-c2ccc(O)cc2)c1.O=CO. The zero-order valence-electron chi connectivity index (χ0n) is 20.1. The Balaban J connectivity index is 0.000000848. The Labute approximate surface area is 211 Å². The van der Waals surface area contributed by atoms with Crippen LogP contribution >= 0.6 is 0 Å². The van der Waals surface area contributed by atoms with Crippen molar-refractivity contribution in [3.8, 4) is 16.9 Å². The number of amides is 1. The molecule has 7 nitrogen and oxygen atoms in total. The van der Waals surface area contributed by atoms with Crippen LogP contribution in [0.3, 0.4) is 0 Å². The number of benzene rings is 3. The summed E-state index contributed by atoms with van der Waals surface area (Å²) < 4.78 is 0. The predicted molar refractivity (Wildman–Crippen MR) is 138 cm³/mol. The van der Waals surface area contributed by atoms with Gasteiger partial charge >= 0.3 is 0 Å². The number of carbonyl (C=O) groups excluding carboxylic acids is 1. The molecule has 186 valence electrons. The minimum Gasteiger partial charge on any atom is -0.508 e. The first-order valence-electron chi connectivity index (χ1n) is 12.3. The Morgan fingerprint density at radius 1 is 0.889 bits per heavy atom. The van der Waals surface area contributed by atoms with Crippen molar-refractivity contribution >= 4 is 12.4 Å². The number of piperidine rings is 2. The highest BCUT2D eigenvalue weighted by atomic mass is 16.3. The zero-order chi connectivity index (χ0) is 25.1. The Morgan fingerprint density at radius 3 is 2.17 bits per heavy atom. The second-order valence-electron chi connectivity index (χ2n) is 9.94. The molecule has 3 aromatic carbocycles. The predicted octanol–water partition coefficient (Wildman–Crippen LogP) is 3.06. The number of aromatic hydroxyl groups is 1. The average Bonchev–Trinajstić information content (AvgIpc) is 3.15. The van der Waals surface area contributed by atoms with Crippen molar-refractivity contribution in [1.82, 2.24) is 15.1 Å². The van der Waals surface area contributed by atoms with Crippen LogP contribution in [0.1, 0.15) is 15.9 Å². The van der Waals surface area contributed by atoms with Gasteiger partial charge in [-0.2, -0.15) is 0 Å². The molecule has 4 fully saturated rings. The Bertz CT molecular complexity index is 1200. The highest BCUT2D eigenvalue weighted by Gasteiger charge is 2.55. The number of hydrogen-bond acceptors (Lipinski definition) is 5. The summed E-state index contributed by atoms with van der Waals surface area (Å²) in [6, 6.07) is 25.8. The van der Waals surface area contributed by atoms with Crippen LogP contribution in [0.15, 0.2) is 78.9 Å². The van der Waals surface area contributed by atoms with E-state index in [1.165, 1.54) is 5.56 Å². The smallest absolute Gasteiger partial charge is 0.290 e. The minimum atomic E-state index is -0.250. The Kier molecular flexibility index (Phi) is 6.76. The lowest BCUT2D eigenvalue weighted by atomic mass is 9.64. The number of phenols is 1. The highest BCUT2D eigenvalue weighted by molar-refractivity contribution is 5.95. The van der Waals surface area contributed by atoms with E-state index < -0.39 is 0 Å². The van der Waals surface area contributed by atoms with E-state index in [1.54, 1.807) is 12.1 Å². The van der Waals surface area contributed by atoms with Crippen molar-refractivity contribution in [3.05, 3.63) is 90.0 Å². The summed E-state index contributed by atoms with van der Waals surface area (Å²) in [6.45, 7) is 6.04. The second-order valence-corrected chi connectivity index (χ2v) is 9.94. The van der Waals surface area contributed by atoms with Gasteiger partial charge in [0.25, 0.3) is 12.4 Å². The van der Waals surface area contributed by atoms with Crippen LogP contribution in [-0.4, -0.2) is 77.7 Å². The number of nitrogens with zero attached hydrogens (tertiary/aromatic N) is 2. The van der Waals surface area contributed by atoms with E-state index in [4.69, 9.17) is 9.90 Å². The van der Waals surface area contributed by atoms with Crippen molar-refractivity contribution in [2.24, 2.45) is 5.92 Å². The molecule has 0 spiro atoms. The summed E-state index contributed by atoms with van der Waals surface area (Å²) in [4.78, 5) is 27.1. The second kappa shape index (κ2) is 10.1. The normalized spacial score (nSPS) is 27.9. The van der Waals surface area contributed by atoms with Gasteiger partial charge in [0.1, 0.15) is 5.75 Å². The number of carbonyl (C=O) groups is 2. The number of hydrogen-bond donors (Lipinski definition) is 3. The van der Waals surface area contributed by atoms with Crippen LogP contribution < -0.4 is 5.32 Å². The van der Waals surface area contributed by atoms with E-state index in [0.29, 0.717) is 11.5 Å². The van der Waals surface area contributed by atoms with Crippen molar-refractivity contribution in [1.29, 1.82) is 0 Å². The molecule has 3 aromatic rings. The molecule has 3 N–H and O–H groups in total. The van der Waals surface area contributed by atoms with Crippen LogP contribution in [0, 0.1) is 5.92 Å². The summed E-state index contributed by atoms with van der Waals surface area (Å²) in [5.74, 6) is 0.648. The fourth-order valence-corrected chi connectivity index (χ4v) is 6.29. The first-order chi connectivity index (χ1) is 17.5. The largest absolute Gasteiger partial charge is 0.508 e. The van der Waals surface area contributed by atoms with Gasteiger partial charge < -0.3 is 25.3 Å². The molecular formula is C29H31N3O4. The monoisotopic (exact) mass is 485 g/mol. The van der Waals surface area contributed by atoms with Gasteiger partial charge in [-0.25, -0.2) is 0 Å². The maximum Gasteiger partial charge on any atom is 0.290 e. The molecule has 0 saturated carbocycles. The molecule has 0 radical (unpaired) electrons. The lowest BCUT2D eigenvalue weighted by Crippen LogP contribution is -2.70. The molecule has 4 aliphatic rings. The van der Waals surface area contributed by atoms with Gasteiger partial charge in [-0.3, -0.25) is 9.59 Å². The van der Waals surface area contributed by atoms with Crippen LogP contribution in [0.5, 0.6) is 5.75 Å². The molecule has 7 heteroatoms. The quantitative estimate of drug-likeness (QED) is 0.492. The van der Waals surface area contributed by atoms with Gasteiger partial charge in [0.15, 0.2) is 0 Å². The van der Waals surface area contributed by atoms with Crippen molar-refractivity contribution in [2.45, 2.75) is 11.5 Å². The van der Waals surface area contributed by atoms with E-state index in [2.05, 4.69) is 45.4 Å². The van der Waals surface area contributed by atoms with Crippen molar-refractivity contribution in [3.63, 3.8) is 0 Å². The summed E-state index contributed by atoms with van der Waals surface area (Å²) in [5, 5.41) is 20.0. The van der Waals surface area contributed by atoms with E-state index in [1.807, 2.05) is 36.4 Å². The van der Waals surface area contributed by atoms with Crippen LogP contribution in [-0.2, 0) is 10.2 Å². The van der Waals surface area contributed by atoms with Crippen LogP contribution in [0.25, 0.3) is 11.1 Å². The first-order valence-corrected chi connectivity index (χ1v) is 12.3. The highest BCUT2D eigenvalue weighted by Crippen LogP contribution is 2.43. The zero-order valence-corrected chi connectivity index (χ0v) is 20.1. The summed E-state index contributed by atoms with van der Waals surface area (Å²) >= 11 is 0. The number of fused-ring (bicyclic) bond motifs is 1. The van der Waals surface area contributed by atoms with E-state index >= 15 is 0 Å². The third kappa shape index (κ3) is 4.59. The van der Waals surface area contributed by atoms with E-state index in [-0.39, 0.29) is 29.6 Å². The molecule has 4 bridgehead atoms. The molecule has 0 aromatic heterocycles. The third-order valence-corrected chi connectivity index (χ3v) is 7.76. The molecule has 4 aliphatic heterocycles. The molecule has 36 heavy (non-hydrogen) atoms. The van der Waals surface area contributed by atoms with Crippen molar-refractivity contribution in [2.75, 3.05) is 39.3 Å². The van der Waals surface area contributed by atoms with Gasteiger partial charge in [-0.15, -0.1) is 0 Å². The number of phenolic OH excluding ortho intramolecular Hbond substituents is 1. The maximum absolute atomic E-state index is 13.6. The van der Waals surface area contributed by atoms with Gasteiger partial charge in [0.05, 0.1) is 0 Å². The molecule has 4 saturated heterocycles. The first kappa shape index (κ1) is 24.0. The minimum absolute atomic E-state index is 0.00733. The molecule has 4 heterocycles. The maximum atomic E-state index is 13.6. The van der Waals surface area contributed by atoms with Crippen LogP contribution in [0.4, 0.5) is 0 Å². The molecule has 7 rings (SSSR count). The molecular weight excluding hydrogens is 454 g/mol. The Hall–Kier alpha value is -3.68. The molecule has 1 amide bonds. The summed E-state index contributed by atoms with van der Waals surface area (Å²) in [7, 11) is 0. The van der Waals surface area contributed by atoms with Gasteiger partial charge in [-0.1, -0.05) is 54.6 Å². The van der Waals surface area contributed by atoms with E-state index in [9.17, 15) is 9.90 Å². The molecule has 0 aliphatic carbocycles. The van der Waals surface area contributed by atoms with Gasteiger partial charge in [-0.05, 0) is 41.0 Å². The van der Waals surface area contributed by atoms with Gasteiger partial charge in [0, 0.05) is 62.2 Å². The van der Waals surface area contributed by atoms with Crippen LogP contribution in [0.2, 0.25) is 0 Å². The fraction of sp³-hybridized carbons (Fsp3) is 0.310. The lowest BCUT2D eigenvalue weighted by Gasteiger charge is -2.55. The molecule has 3 unspecified atom stereocenters. The Morgan fingerprint density at radius 2 is 1.53 bits per heavy atom. The van der Waals surface area contributed by atoms with Gasteiger partial charge in [0.2, 0.25) is 0 Å². The summed E-state index contributed by atoms with van der Waals surface area (Å²) in [5.41, 5.74) is 3.86. The topological polar surface area (TPSA) is 93.1 Å². The summed E-state index contributed by atoms with van der Waals surface area (Å²) in [6.07, 6.45) is 0. The molecule has 3 atom stereocenters. The van der Waals surface area contributed by atoms with Crippen molar-refractivity contribution < 1.29 is 19.8 Å². The number of rotatable bonds is 4. The number of carboxylic acid groups (broad SMARTS) is 1. The average molecular weight is 486 g/mol.